The first-order chi connectivity index (χ1) is 9.60. The first kappa shape index (κ1) is 15.2. The van der Waals surface area contributed by atoms with Gasteiger partial charge in [-0.05, 0) is 48.7 Å². The molecule has 0 amide bonds. The average molecular weight is 308 g/mol. The fraction of sp³-hybridized carbons (Fsp3) is 0.294. The normalized spacial score (nSPS) is 12.2. The van der Waals surface area contributed by atoms with Gasteiger partial charge in [-0.1, -0.05) is 54.7 Å². The van der Waals surface area contributed by atoms with Crippen LogP contribution in [-0.2, 0) is 0 Å². The van der Waals surface area contributed by atoms with Crippen molar-refractivity contribution in [2.24, 2.45) is 0 Å². The lowest BCUT2D eigenvalue weighted by Gasteiger charge is -2.21. The van der Waals surface area contributed by atoms with Gasteiger partial charge in [0.15, 0.2) is 0 Å². The molecule has 0 bridgehead atoms. The number of anilines is 1. The molecule has 0 aromatic heterocycles. The van der Waals surface area contributed by atoms with Crippen molar-refractivity contribution in [1.82, 2.24) is 0 Å². The van der Waals surface area contributed by atoms with Crippen molar-refractivity contribution in [2.45, 2.75) is 32.7 Å². The van der Waals surface area contributed by atoms with Crippen LogP contribution in [0.1, 0.15) is 36.9 Å². The second-order valence-electron chi connectivity index (χ2n) is 5.00. The standard InChI is InChI=1S/C17H19Cl2N/c1-3-4-16(13-6-9-14(18)10-7-13)20-17-11-15(19)8-5-12(17)2/h5-11,16,20H,3-4H2,1-2H3. The Bertz CT molecular complexity index is 564. The van der Waals surface area contributed by atoms with Crippen LogP contribution in [0, 0.1) is 6.92 Å². The molecule has 0 heterocycles. The summed E-state index contributed by atoms with van der Waals surface area (Å²) in [6.07, 6.45) is 2.17. The molecule has 1 unspecified atom stereocenters. The van der Waals surface area contributed by atoms with E-state index in [2.05, 4.69) is 31.3 Å². The molecule has 0 saturated heterocycles. The number of aryl methyl sites for hydroxylation is 1. The van der Waals surface area contributed by atoms with E-state index in [4.69, 9.17) is 23.2 Å². The SMILES string of the molecule is CCCC(Nc1cc(Cl)ccc1C)c1ccc(Cl)cc1. The van der Waals surface area contributed by atoms with E-state index >= 15 is 0 Å². The summed E-state index contributed by atoms with van der Waals surface area (Å²) >= 11 is 12.0. The lowest BCUT2D eigenvalue weighted by molar-refractivity contribution is 0.677. The largest absolute Gasteiger partial charge is 0.378 e. The Kier molecular flexibility index (Phi) is 5.33. The molecular formula is C17H19Cl2N. The minimum absolute atomic E-state index is 0.273. The summed E-state index contributed by atoms with van der Waals surface area (Å²) in [5.41, 5.74) is 3.53. The molecule has 1 nitrogen and oxygen atoms in total. The molecule has 0 aliphatic carbocycles. The van der Waals surface area contributed by atoms with Crippen LogP contribution in [0.25, 0.3) is 0 Å². The van der Waals surface area contributed by atoms with Crippen molar-refractivity contribution in [2.75, 3.05) is 5.32 Å². The zero-order chi connectivity index (χ0) is 14.5. The lowest BCUT2D eigenvalue weighted by Crippen LogP contribution is -2.11. The molecular weight excluding hydrogens is 289 g/mol. The first-order valence-electron chi connectivity index (χ1n) is 6.88. The first-order valence-corrected chi connectivity index (χ1v) is 7.64. The van der Waals surface area contributed by atoms with Crippen LogP contribution in [0.2, 0.25) is 10.0 Å². The molecule has 0 fully saturated rings. The second kappa shape index (κ2) is 7.01. The number of rotatable bonds is 5. The fourth-order valence-electron chi connectivity index (χ4n) is 2.24. The predicted molar refractivity (Wildman–Crippen MR) is 88.9 cm³/mol. The van der Waals surface area contributed by atoms with Crippen LogP contribution in [-0.4, -0.2) is 0 Å². The topological polar surface area (TPSA) is 12.0 Å². The molecule has 2 rings (SSSR count). The maximum Gasteiger partial charge on any atom is 0.0513 e. The minimum atomic E-state index is 0.273. The third-order valence-corrected chi connectivity index (χ3v) is 3.87. The highest BCUT2D eigenvalue weighted by atomic mass is 35.5. The zero-order valence-corrected chi connectivity index (χ0v) is 13.3. The van der Waals surface area contributed by atoms with Gasteiger partial charge in [0, 0.05) is 15.7 Å². The third-order valence-electron chi connectivity index (χ3n) is 3.38. The van der Waals surface area contributed by atoms with Crippen molar-refractivity contribution in [3.8, 4) is 0 Å². The second-order valence-corrected chi connectivity index (χ2v) is 5.87. The van der Waals surface area contributed by atoms with Crippen molar-refractivity contribution in [1.29, 1.82) is 0 Å². The Balaban J connectivity index is 2.25. The Morgan fingerprint density at radius 3 is 2.30 bits per heavy atom. The molecule has 1 N–H and O–H groups in total. The highest BCUT2D eigenvalue weighted by Crippen LogP contribution is 2.28. The molecule has 2 aromatic carbocycles. The smallest absolute Gasteiger partial charge is 0.0513 e. The molecule has 3 heteroatoms. The molecule has 106 valence electrons. The third kappa shape index (κ3) is 3.91. The van der Waals surface area contributed by atoms with Gasteiger partial charge in [-0.15, -0.1) is 0 Å². The van der Waals surface area contributed by atoms with Gasteiger partial charge in [0.1, 0.15) is 0 Å². The minimum Gasteiger partial charge on any atom is -0.378 e. The summed E-state index contributed by atoms with van der Waals surface area (Å²) in [4.78, 5) is 0. The van der Waals surface area contributed by atoms with Gasteiger partial charge in [0.25, 0.3) is 0 Å². The Morgan fingerprint density at radius 2 is 1.65 bits per heavy atom. The summed E-state index contributed by atoms with van der Waals surface area (Å²) in [5.74, 6) is 0. The fourth-order valence-corrected chi connectivity index (χ4v) is 2.54. The highest BCUT2D eigenvalue weighted by molar-refractivity contribution is 6.31. The number of benzene rings is 2. The van der Waals surface area contributed by atoms with E-state index in [0.717, 1.165) is 28.6 Å². The summed E-state index contributed by atoms with van der Waals surface area (Å²) in [6, 6.07) is 14.2. The van der Waals surface area contributed by atoms with Crippen molar-refractivity contribution < 1.29 is 0 Å². The molecule has 0 aliphatic heterocycles. The quantitative estimate of drug-likeness (QED) is 0.688. The van der Waals surface area contributed by atoms with Gasteiger partial charge >= 0.3 is 0 Å². The van der Waals surface area contributed by atoms with E-state index in [1.165, 1.54) is 11.1 Å². The van der Waals surface area contributed by atoms with Crippen molar-refractivity contribution in [3.05, 3.63) is 63.6 Å². The van der Waals surface area contributed by atoms with Gasteiger partial charge in [0.05, 0.1) is 6.04 Å². The number of hydrogen-bond acceptors (Lipinski definition) is 1. The Hall–Kier alpha value is -1.18. The van der Waals surface area contributed by atoms with E-state index < -0.39 is 0 Å². The van der Waals surface area contributed by atoms with Gasteiger partial charge in [-0.2, -0.15) is 0 Å². The molecule has 0 saturated carbocycles. The average Bonchev–Trinajstić information content (AvgIpc) is 2.43. The maximum absolute atomic E-state index is 6.09. The van der Waals surface area contributed by atoms with Gasteiger partial charge in [-0.25, -0.2) is 0 Å². The van der Waals surface area contributed by atoms with E-state index in [0.29, 0.717) is 0 Å². The van der Waals surface area contributed by atoms with E-state index in [1.54, 1.807) is 0 Å². The van der Waals surface area contributed by atoms with Crippen LogP contribution in [0.15, 0.2) is 42.5 Å². The van der Waals surface area contributed by atoms with Gasteiger partial charge in [-0.3, -0.25) is 0 Å². The molecule has 2 aromatic rings. The number of halogens is 2. The van der Waals surface area contributed by atoms with Crippen LogP contribution in [0.3, 0.4) is 0 Å². The zero-order valence-electron chi connectivity index (χ0n) is 11.8. The number of hydrogen-bond donors (Lipinski definition) is 1. The van der Waals surface area contributed by atoms with E-state index in [-0.39, 0.29) is 6.04 Å². The Labute approximate surface area is 130 Å². The summed E-state index contributed by atoms with van der Waals surface area (Å²) < 4.78 is 0. The molecule has 0 aliphatic rings. The molecule has 0 radical (unpaired) electrons. The molecule has 0 spiro atoms. The van der Waals surface area contributed by atoms with Crippen molar-refractivity contribution >= 4 is 28.9 Å². The molecule has 1 atom stereocenters. The van der Waals surface area contributed by atoms with Crippen LogP contribution >= 0.6 is 23.2 Å². The summed E-state index contributed by atoms with van der Waals surface area (Å²) in [7, 11) is 0. The number of nitrogens with one attached hydrogen (secondary N) is 1. The summed E-state index contributed by atoms with van der Waals surface area (Å²) in [6.45, 7) is 4.28. The monoisotopic (exact) mass is 307 g/mol. The van der Waals surface area contributed by atoms with Crippen molar-refractivity contribution in [3.63, 3.8) is 0 Å². The maximum atomic E-state index is 6.09. The van der Waals surface area contributed by atoms with E-state index in [9.17, 15) is 0 Å². The lowest BCUT2D eigenvalue weighted by atomic mass is 10.0. The van der Waals surface area contributed by atoms with E-state index in [1.807, 2.05) is 30.3 Å². The Morgan fingerprint density at radius 1 is 1.00 bits per heavy atom. The van der Waals surface area contributed by atoms with Crippen LogP contribution in [0.5, 0.6) is 0 Å². The summed E-state index contributed by atoms with van der Waals surface area (Å²) in [5, 5.41) is 5.12. The van der Waals surface area contributed by atoms with Crippen LogP contribution < -0.4 is 5.32 Å². The molecule has 20 heavy (non-hydrogen) atoms. The predicted octanol–water partition coefficient (Wildman–Crippen LogP) is 6.26. The van der Waals surface area contributed by atoms with Gasteiger partial charge in [0.2, 0.25) is 0 Å². The van der Waals surface area contributed by atoms with Crippen LogP contribution in [0.4, 0.5) is 5.69 Å². The highest BCUT2D eigenvalue weighted by Gasteiger charge is 2.12. The van der Waals surface area contributed by atoms with Gasteiger partial charge < -0.3 is 5.32 Å².